The zero-order valence-corrected chi connectivity index (χ0v) is 16.9. The number of carbonyl (C=O) groups is 1. The maximum atomic E-state index is 12.6. The number of halogens is 1. The first-order valence-corrected chi connectivity index (χ1v) is 10.7. The fraction of sp³-hybridized carbons (Fsp3) is 0.588. The number of ether oxygens (including phenoxy) is 2. The lowest BCUT2D eigenvalue weighted by atomic mass is 10.2. The number of carbonyl (C=O) groups excluding carboxylic acids is 1. The topological polar surface area (TPSA) is 97.0 Å². The Morgan fingerprint density at radius 2 is 2.00 bits per heavy atom. The summed E-state index contributed by atoms with van der Waals surface area (Å²) in [5.41, 5.74) is 0.366. The molecular weight excluding hydrogens is 394 g/mol. The van der Waals surface area contributed by atoms with Crippen LogP contribution in [0.3, 0.4) is 0 Å². The number of sulfonamides is 1. The maximum Gasteiger partial charge on any atom is 0.262 e. The normalized spacial score (nSPS) is 23.4. The van der Waals surface area contributed by atoms with Crippen molar-refractivity contribution in [3.05, 3.63) is 17.2 Å². The van der Waals surface area contributed by atoms with Crippen molar-refractivity contribution in [2.45, 2.75) is 37.4 Å². The lowest BCUT2D eigenvalue weighted by molar-refractivity contribution is -0.118. The summed E-state index contributed by atoms with van der Waals surface area (Å²) >= 11 is 6.11. The van der Waals surface area contributed by atoms with Crippen molar-refractivity contribution >= 4 is 33.2 Å². The van der Waals surface area contributed by atoms with Gasteiger partial charge in [0.25, 0.3) is 5.91 Å². The van der Waals surface area contributed by atoms with Crippen molar-refractivity contribution < 1.29 is 22.7 Å². The number of morpholine rings is 1. The Hall–Kier alpha value is -1.39. The van der Waals surface area contributed by atoms with Gasteiger partial charge >= 0.3 is 0 Å². The number of nitrogens with zero attached hydrogens (tertiary/aromatic N) is 1. The van der Waals surface area contributed by atoms with Gasteiger partial charge in [-0.2, -0.15) is 0 Å². The lowest BCUT2D eigenvalue weighted by Crippen LogP contribution is -2.46. The number of hydrogen-bond donors (Lipinski definition) is 2. The molecule has 2 unspecified atom stereocenters. The molecule has 0 saturated carbocycles. The second-order valence-corrected chi connectivity index (χ2v) is 9.03. The largest absolute Gasteiger partial charge is 0.482 e. The molecule has 3 rings (SSSR count). The number of benzene rings is 1. The van der Waals surface area contributed by atoms with Crippen molar-refractivity contribution in [2.75, 3.05) is 38.1 Å². The monoisotopic (exact) mass is 417 g/mol. The average molecular weight is 418 g/mol. The van der Waals surface area contributed by atoms with Crippen LogP contribution in [0.15, 0.2) is 17.0 Å². The predicted molar refractivity (Wildman–Crippen MR) is 102 cm³/mol. The van der Waals surface area contributed by atoms with Crippen molar-refractivity contribution in [3.63, 3.8) is 0 Å². The second kappa shape index (κ2) is 8.32. The zero-order chi connectivity index (χ0) is 19.6. The van der Waals surface area contributed by atoms with E-state index >= 15 is 0 Å². The number of nitrogens with one attached hydrogen (secondary N) is 2. The summed E-state index contributed by atoms with van der Waals surface area (Å²) in [6, 6.07) is 2.73. The molecule has 0 radical (unpaired) electrons. The van der Waals surface area contributed by atoms with Gasteiger partial charge in [-0.3, -0.25) is 9.69 Å². The minimum atomic E-state index is -3.78. The Morgan fingerprint density at radius 3 is 2.70 bits per heavy atom. The van der Waals surface area contributed by atoms with E-state index in [1.807, 2.05) is 13.8 Å². The molecule has 0 aliphatic carbocycles. The first-order chi connectivity index (χ1) is 12.7. The molecule has 8 nitrogen and oxygen atoms in total. The van der Waals surface area contributed by atoms with Gasteiger partial charge < -0.3 is 14.8 Å². The highest BCUT2D eigenvalue weighted by Gasteiger charge is 2.25. The molecule has 10 heteroatoms. The van der Waals surface area contributed by atoms with Gasteiger partial charge in [-0.25, -0.2) is 13.1 Å². The van der Waals surface area contributed by atoms with Gasteiger partial charge in [-0.1, -0.05) is 11.6 Å². The molecule has 2 aliphatic rings. The molecule has 0 spiro atoms. The van der Waals surface area contributed by atoms with E-state index in [4.69, 9.17) is 21.1 Å². The van der Waals surface area contributed by atoms with Crippen LogP contribution in [0, 0.1) is 0 Å². The Bertz CT molecular complexity index is 807. The van der Waals surface area contributed by atoms with E-state index in [-0.39, 0.29) is 40.4 Å². The van der Waals surface area contributed by atoms with E-state index in [0.717, 1.165) is 19.6 Å². The number of anilines is 1. The van der Waals surface area contributed by atoms with Crippen LogP contribution in [0.25, 0.3) is 0 Å². The van der Waals surface area contributed by atoms with Crippen LogP contribution in [0.5, 0.6) is 5.75 Å². The summed E-state index contributed by atoms with van der Waals surface area (Å²) in [5.74, 6) is -0.0188. The van der Waals surface area contributed by atoms with Crippen molar-refractivity contribution in [2.24, 2.45) is 0 Å². The molecule has 150 valence electrons. The number of fused-ring (bicyclic) bond motifs is 1. The third kappa shape index (κ3) is 5.11. The van der Waals surface area contributed by atoms with Crippen LogP contribution in [0.2, 0.25) is 5.02 Å². The highest BCUT2D eigenvalue weighted by Crippen LogP contribution is 2.35. The van der Waals surface area contributed by atoms with Gasteiger partial charge in [0.1, 0.15) is 10.6 Å². The summed E-state index contributed by atoms with van der Waals surface area (Å²) in [7, 11) is -3.78. The minimum absolute atomic E-state index is 0.0304. The van der Waals surface area contributed by atoms with Crippen LogP contribution < -0.4 is 14.8 Å². The Labute approximate surface area is 164 Å². The maximum absolute atomic E-state index is 12.6. The standard InChI is InChI=1S/C17H24ClN3O5S/c1-11-8-21(9-12(2)26-11)5-3-4-19-27(23,24)16-7-15-14(6-13(16)18)20-17(22)10-25-15/h6-7,11-12,19H,3-5,8-10H2,1-2H3,(H,20,22). The fourth-order valence-electron chi connectivity index (χ4n) is 3.34. The molecule has 0 aromatic heterocycles. The molecule has 1 fully saturated rings. The van der Waals surface area contributed by atoms with E-state index in [9.17, 15) is 13.2 Å². The molecule has 1 aromatic carbocycles. The van der Waals surface area contributed by atoms with Crippen LogP contribution in [0.1, 0.15) is 20.3 Å². The first-order valence-electron chi connectivity index (χ1n) is 8.88. The Balaban J connectivity index is 1.58. The molecule has 1 aromatic rings. The lowest BCUT2D eigenvalue weighted by Gasteiger charge is -2.35. The van der Waals surface area contributed by atoms with Crippen LogP contribution >= 0.6 is 11.6 Å². The summed E-state index contributed by atoms with van der Waals surface area (Å²) in [5, 5.41) is 2.63. The quantitative estimate of drug-likeness (QED) is 0.680. The van der Waals surface area contributed by atoms with E-state index in [0.29, 0.717) is 18.7 Å². The van der Waals surface area contributed by atoms with Gasteiger partial charge in [0.05, 0.1) is 22.9 Å². The molecule has 1 saturated heterocycles. The molecule has 2 heterocycles. The van der Waals surface area contributed by atoms with Gasteiger partial charge in [-0.05, 0) is 32.9 Å². The number of hydrogen-bond acceptors (Lipinski definition) is 6. The van der Waals surface area contributed by atoms with Gasteiger partial charge in [0, 0.05) is 25.7 Å². The number of rotatable bonds is 6. The van der Waals surface area contributed by atoms with Crippen molar-refractivity contribution in [3.8, 4) is 5.75 Å². The van der Waals surface area contributed by atoms with Gasteiger partial charge in [-0.15, -0.1) is 0 Å². The average Bonchev–Trinajstić information content (AvgIpc) is 2.57. The third-order valence-electron chi connectivity index (χ3n) is 4.39. The zero-order valence-electron chi connectivity index (χ0n) is 15.3. The van der Waals surface area contributed by atoms with Crippen LogP contribution in [0.4, 0.5) is 5.69 Å². The summed E-state index contributed by atoms with van der Waals surface area (Å²) in [4.78, 5) is 13.6. The number of amides is 1. The van der Waals surface area contributed by atoms with E-state index in [2.05, 4.69) is 14.9 Å². The Kier molecular flexibility index (Phi) is 6.27. The molecule has 27 heavy (non-hydrogen) atoms. The fourth-order valence-corrected chi connectivity index (χ4v) is 4.96. The van der Waals surface area contributed by atoms with E-state index in [1.165, 1.54) is 12.1 Å². The van der Waals surface area contributed by atoms with E-state index < -0.39 is 10.0 Å². The summed E-state index contributed by atoms with van der Waals surface area (Å²) in [6.45, 7) is 6.69. The molecule has 0 bridgehead atoms. The van der Waals surface area contributed by atoms with Crippen molar-refractivity contribution in [1.29, 1.82) is 0 Å². The molecule has 2 atom stereocenters. The highest BCUT2D eigenvalue weighted by atomic mass is 35.5. The van der Waals surface area contributed by atoms with Gasteiger partial charge in [0.2, 0.25) is 10.0 Å². The summed E-state index contributed by atoms with van der Waals surface area (Å²) in [6.07, 6.45) is 1.04. The van der Waals surface area contributed by atoms with Crippen molar-refractivity contribution in [1.82, 2.24) is 9.62 Å². The Morgan fingerprint density at radius 1 is 1.30 bits per heavy atom. The third-order valence-corrected chi connectivity index (χ3v) is 6.32. The predicted octanol–water partition coefficient (Wildman–Crippen LogP) is 1.45. The SMILES string of the molecule is CC1CN(CCCNS(=O)(=O)c2cc3c(cc2Cl)NC(=O)CO3)CC(C)O1. The molecule has 2 aliphatic heterocycles. The smallest absolute Gasteiger partial charge is 0.262 e. The highest BCUT2D eigenvalue weighted by molar-refractivity contribution is 7.89. The minimum Gasteiger partial charge on any atom is -0.482 e. The summed E-state index contributed by atoms with van der Waals surface area (Å²) < 4.78 is 38.7. The molecular formula is C17H24ClN3O5S. The first kappa shape index (κ1) is 20.3. The molecule has 1 amide bonds. The van der Waals surface area contributed by atoms with Crippen LogP contribution in [-0.2, 0) is 19.6 Å². The van der Waals surface area contributed by atoms with Crippen LogP contribution in [-0.4, -0.2) is 64.2 Å². The van der Waals surface area contributed by atoms with Gasteiger partial charge in [0.15, 0.2) is 6.61 Å². The molecule has 2 N–H and O–H groups in total. The van der Waals surface area contributed by atoms with E-state index in [1.54, 1.807) is 0 Å². The second-order valence-electron chi connectivity index (χ2n) is 6.88.